The van der Waals surface area contributed by atoms with Crippen molar-refractivity contribution in [3.05, 3.63) is 89.0 Å². The summed E-state index contributed by atoms with van der Waals surface area (Å²) >= 11 is 0. The molecule has 8 heteroatoms. The minimum atomic E-state index is -0.685. The van der Waals surface area contributed by atoms with Gasteiger partial charge in [0, 0.05) is 30.4 Å². The van der Waals surface area contributed by atoms with Gasteiger partial charge in [0.1, 0.15) is 11.6 Å². The van der Waals surface area contributed by atoms with Crippen LogP contribution in [0.25, 0.3) is 0 Å². The minimum absolute atomic E-state index is 0.0317. The Morgan fingerprint density at radius 3 is 2.38 bits per heavy atom. The van der Waals surface area contributed by atoms with Crippen molar-refractivity contribution in [3.8, 4) is 0 Å². The molecule has 0 atom stereocenters. The molecule has 0 radical (unpaired) electrons. The molecule has 0 bridgehead atoms. The number of halogens is 2. The van der Waals surface area contributed by atoms with E-state index in [0.717, 1.165) is 17.2 Å². The molecule has 176 valence electrons. The Bertz CT molecular complexity index is 1210. The molecule has 6 nitrogen and oxygen atoms in total. The molecule has 3 aromatic carbocycles. The van der Waals surface area contributed by atoms with Crippen LogP contribution in [0.15, 0.2) is 60.7 Å². The molecule has 34 heavy (non-hydrogen) atoms. The van der Waals surface area contributed by atoms with E-state index >= 15 is 0 Å². The summed E-state index contributed by atoms with van der Waals surface area (Å²) in [4.78, 5) is 29.0. The number of anilines is 3. The SMILES string of the molecule is Cc1ccc(NC(=O)Nc2cc(C)ccc2N2CCCN(Cc3ccc(F)cc3F)C2=O)cc1. The van der Waals surface area contributed by atoms with Crippen LogP contribution in [0.3, 0.4) is 0 Å². The number of amides is 4. The van der Waals surface area contributed by atoms with Gasteiger partial charge in [0.05, 0.1) is 17.9 Å². The van der Waals surface area contributed by atoms with Crippen LogP contribution in [0.1, 0.15) is 23.1 Å². The number of urea groups is 2. The largest absolute Gasteiger partial charge is 0.324 e. The van der Waals surface area contributed by atoms with E-state index in [0.29, 0.717) is 36.6 Å². The summed E-state index contributed by atoms with van der Waals surface area (Å²) < 4.78 is 27.4. The van der Waals surface area contributed by atoms with Crippen molar-refractivity contribution >= 4 is 29.1 Å². The van der Waals surface area contributed by atoms with Gasteiger partial charge in [-0.15, -0.1) is 0 Å². The fourth-order valence-electron chi connectivity index (χ4n) is 3.91. The van der Waals surface area contributed by atoms with Crippen LogP contribution in [0.2, 0.25) is 0 Å². The molecular formula is C26H26F2N4O2. The molecule has 0 unspecified atom stereocenters. The molecule has 1 fully saturated rings. The Morgan fingerprint density at radius 2 is 1.65 bits per heavy atom. The number of benzene rings is 3. The Labute approximate surface area is 197 Å². The zero-order valence-electron chi connectivity index (χ0n) is 19.1. The summed E-state index contributed by atoms with van der Waals surface area (Å²) in [5, 5.41) is 5.64. The fourth-order valence-corrected chi connectivity index (χ4v) is 3.91. The number of nitrogens with one attached hydrogen (secondary N) is 2. The summed E-state index contributed by atoms with van der Waals surface area (Å²) in [6.45, 7) is 4.80. The summed E-state index contributed by atoms with van der Waals surface area (Å²) in [5.41, 5.74) is 3.95. The molecule has 1 aliphatic heterocycles. The zero-order valence-corrected chi connectivity index (χ0v) is 19.1. The lowest BCUT2D eigenvalue weighted by Gasteiger charge is -2.36. The maximum atomic E-state index is 14.2. The monoisotopic (exact) mass is 464 g/mol. The van der Waals surface area contributed by atoms with Gasteiger partial charge >= 0.3 is 12.1 Å². The third-order valence-corrected chi connectivity index (χ3v) is 5.69. The molecule has 1 saturated heterocycles. The van der Waals surface area contributed by atoms with Gasteiger partial charge in [-0.2, -0.15) is 0 Å². The van der Waals surface area contributed by atoms with Crippen molar-refractivity contribution < 1.29 is 18.4 Å². The molecule has 1 heterocycles. The molecule has 4 amide bonds. The van der Waals surface area contributed by atoms with Gasteiger partial charge in [0.15, 0.2) is 0 Å². The highest BCUT2D eigenvalue weighted by molar-refractivity contribution is 6.04. The standard InChI is InChI=1S/C26H26F2N4O2/c1-17-4-9-21(10-5-17)29-25(33)30-23-14-18(2)6-11-24(23)32-13-3-12-31(26(32)34)16-19-7-8-20(27)15-22(19)28/h4-11,14-15H,3,12-13,16H2,1-2H3,(H2,29,30,33). The quantitative estimate of drug-likeness (QED) is 0.482. The third-order valence-electron chi connectivity index (χ3n) is 5.69. The number of carbonyl (C=O) groups excluding carboxylic acids is 2. The lowest BCUT2D eigenvalue weighted by molar-refractivity contribution is 0.192. The molecular weight excluding hydrogens is 438 g/mol. The van der Waals surface area contributed by atoms with Gasteiger partial charge in [-0.1, -0.05) is 29.8 Å². The van der Waals surface area contributed by atoms with Crippen LogP contribution in [-0.2, 0) is 6.54 Å². The average molecular weight is 465 g/mol. The second kappa shape index (κ2) is 9.91. The number of hydrogen-bond donors (Lipinski definition) is 2. The molecule has 0 spiro atoms. The van der Waals surface area contributed by atoms with Crippen LogP contribution >= 0.6 is 0 Å². The highest BCUT2D eigenvalue weighted by atomic mass is 19.1. The summed E-state index contributed by atoms with van der Waals surface area (Å²) in [5.74, 6) is -1.34. The fraction of sp³-hybridized carbons (Fsp3) is 0.231. The van der Waals surface area contributed by atoms with E-state index < -0.39 is 17.7 Å². The Balaban J connectivity index is 1.53. The topological polar surface area (TPSA) is 64.7 Å². The van der Waals surface area contributed by atoms with E-state index in [9.17, 15) is 18.4 Å². The second-order valence-electron chi connectivity index (χ2n) is 8.41. The van der Waals surface area contributed by atoms with E-state index in [-0.39, 0.29) is 18.1 Å². The summed E-state index contributed by atoms with van der Waals surface area (Å²) in [6.07, 6.45) is 0.664. The van der Waals surface area contributed by atoms with E-state index in [1.54, 1.807) is 17.0 Å². The highest BCUT2D eigenvalue weighted by Gasteiger charge is 2.29. The first-order valence-electron chi connectivity index (χ1n) is 11.1. The Morgan fingerprint density at radius 1 is 0.912 bits per heavy atom. The molecule has 0 saturated carbocycles. The second-order valence-corrected chi connectivity index (χ2v) is 8.41. The van der Waals surface area contributed by atoms with Crippen LogP contribution < -0.4 is 15.5 Å². The van der Waals surface area contributed by atoms with Crippen LogP contribution in [0.4, 0.5) is 35.4 Å². The molecule has 1 aliphatic rings. The molecule has 0 aliphatic carbocycles. The normalized spacial score (nSPS) is 13.7. The van der Waals surface area contributed by atoms with E-state index in [1.165, 1.54) is 17.0 Å². The van der Waals surface area contributed by atoms with Crippen molar-refractivity contribution in [1.29, 1.82) is 0 Å². The Kier molecular flexibility index (Phi) is 6.77. The van der Waals surface area contributed by atoms with Gasteiger partial charge in [0.25, 0.3) is 0 Å². The molecule has 0 aromatic heterocycles. The average Bonchev–Trinajstić information content (AvgIpc) is 2.79. The first kappa shape index (κ1) is 23.2. The lowest BCUT2D eigenvalue weighted by atomic mass is 10.1. The first-order chi connectivity index (χ1) is 16.3. The van der Waals surface area contributed by atoms with Crippen LogP contribution in [0.5, 0.6) is 0 Å². The number of rotatable bonds is 5. The van der Waals surface area contributed by atoms with Crippen molar-refractivity contribution in [2.24, 2.45) is 0 Å². The predicted molar refractivity (Wildman–Crippen MR) is 129 cm³/mol. The maximum absolute atomic E-state index is 14.2. The van der Waals surface area contributed by atoms with E-state index in [1.807, 2.05) is 44.2 Å². The van der Waals surface area contributed by atoms with Crippen molar-refractivity contribution in [3.63, 3.8) is 0 Å². The van der Waals surface area contributed by atoms with Gasteiger partial charge in [-0.3, -0.25) is 4.90 Å². The van der Waals surface area contributed by atoms with E-state index in [4.69, 9.17) is 0 Å². The maximum Gasteiger partial charge on any atom is 0.324 e. The van der Waals surface area contributed by atoms with E-state index in [2.05, 4.69) is 10.6 Å². The predicted octanol–water partition coefficient (Wildman–Crippen LogP) is 6.06. The van der Waals surface area contributed by atoms with Crippen LogP contribution in [-0.4, -0.2) is 30.1 Å². The summed E-state index contributed by atoms with van der Waals surface area (Å²) in [7, 11) is 0. The van der Waals surface area contributed by atoms with Gasteiger partial charge < -0.3 is 15.5 Å². The number of hydrogen-bond acceptors (Lipinski definition) is 2. The summed E-state index contributed by atoms with van der Waals surface area (Å²) in [6, 6.07) is 15.5. The lowest BCUT2D eigenvalue weighted by Crippen LogP contribution is -2.49. The molecule has 2 N–H and O–H groups in total. The van der Waals surface area contributed by atoms with Crippen LogP contribution in [0, 0.1) is 25.5 Å². The van der Waals surface area contributed by atoms with Gasteiger partial charge in [-0.25, -0.2) is 18.4 Å². The smallest absolute Gasteiger partial charge is 0.320 e. The Hall–Kier alpha value is -3.94. The highest BCUT2D eigenvalue weighted by Crippen LogP contribution is 2.31. The van der Waals surface area contributed by atoms with Crippen molar-refractivity contribution in [2.75, 3.05) is 28.6 Å². The molecule has 4 rings (SSSR count). The third kappa shape index (κ3) is 5.33. The van der Waals surface area contributed by atoms with Gasteiger partial charge in [-0.05, 0) is 56.2 Å². The minimum Gasteiger partial charge on any atom is -0.320 e. The number of carbonyl (C=O) groups is 2. The van der Waals surface area contributed by atoms with Crippen molar-refractivity contribution in [2.45, 2.75) is 26.8 Å². The number of aryl methyl sites for hydroxylation is 2. The number of nitrogens with zero attached hydrogens (tertiary/aromatic N) is 2. The molecule has 3 aromatic rings. The zero-order chi connectivity index (χ0) is 24.2. The van der Waals surface area contributed by atoms with Crippen molar-refractivity contribution in [1.82, 2.24) is 4.90 Å². The first-order valence-corrected chi connectivity index (χ1v) is 11.1. The van der Waals surface area contributed by atoms with Gasteiger partial charge in [0.2, 0.25) is 0 Å².